The van der Waals surface area contributed by atoms with Gasteiger partial charge in [-0.1, -0.05) is 0 Å². The monoisotopic (exact) mass is 514 g/mol. The number of rotatable bonds is 25. The Morgan fingerprint density at radius 1 is 0.639 bits per heavy atom. The van der Waals surface area contributed by atoms with Gasteiger partial charge in [-0.05, 0) is 34.9 Å². The molecule has 1 aromatic heterocycles. The first-order valence-electron chi connectivity index (χ1n) is 12.2. The predicted octanol–water partition coefficient (Wildman–Crippen LogP) is 1.29. The number of carbonyl (C=O) groups is 1. The minimum atomic E-state index is 0.0223. The maximum Gasteiger partial charge on any atom is 0.163 e. The number of ether oxygens (including phenoxy) is 7. The molecule has 0 amide bonds. The fourth-order valence-corrected chi connectivity index (χ4v) is 2.92. The predicted molar refractivity (Wildman–Crippen MR) is 128 cm³/mol. The molecule has 204 valence electrons. The Kier molecular flexibility index (Phi) is 17.7. The molecule has 0 saturated carbocycles. The molecule has 1 aromatic carbocycles. The van der Waals surface area contributed by atoms with E-state index in [0.29, 0.717) is 122 Å². The van der Waals surface area contributed by atoms with Gasteiger partial charge in [-0.3, -0.25) is 4.79 Å². The number of Topliss-reactive ketones (excluding diaryl/α,β-unsaturated/α-hetero) is 1. The van der Waals surface area contributed by atoms with Crippen molar-refractivity contribution in [1.29, 1.82) is 0 Å². The highest BCUT2D eigenvalue weighted by molar-refractivity contribution is 5.98. The molecule has 0 bridgehead atoms. The number of carbonyl (C=O) groups excluding carboxylic acids is 1. The molecule has 0 radical (unpaired) electrons. The molecule has 0 aliphatic heterocycles. The first-order chi connectivity index (χ1) is 17.8. The molecule has 0 spiro atoms. The largest absolute Gasteiger partial charge is 0.394 e. The average Bonchev–Trinajstić information content (AvgIpc) is 3.37. The van der Waals surface area contributed by atoms with Gasteiger partial charge in [0.2, 0.25) is 0 Å². The Balaban J connectivity index is 1.25. The normalized spacial score (nSPS) is 11.5. The number of aliphatic hydroxyl groups excluding tert-OH is 1. The molecular weight excluding hydrogens is 476 g/mol. The van der Waals surface area contributed by atoms with E-state index in [-0.39, 0.29) is 12.4 Å². The van der Waals surface area contributed by atoms with E-state index in [1.165, 1.54) is 0 Å². The summed E-state index contributed by atoms with van der Waals surface area (Å²) in [7, 11) is 0. The Labute approximate surface area is 211 Å². The molecule has 0 aliphatic carbocycles. The van der Waals surface area contributed by atoms with Crippen LogP contribution >= 0.6 is 0 Å². The van der Waals surface area contributed by atoms with Crippen molar-refractivity contribution in [2.24, 2.45) is 0 Å². The Bertz CT molecular complexity index is 804. The summed E-state index contributed by atoms with van der Waals surface area (Å²) in [4.78, 5) is 12.2. The minimum Gasteiger partial charge on any atom is -0.394 e. The summed E-state index contributed by atoms with van der Waals surface area (Å²) in [6.45, 7) is 6.68. The van der Waals surface area contributed by atoms with E-state index in [1.807, 2.05) is 0 Å². The SMILES string of the molecule is O=C(CCCOCCOCCOCCOCCOCCOCCOCCO)c1ccc2nonc2c1. The van der Waals surface area contributed by atoms with Crippen molar-refractivity contribution in [2.45, 2.75) is 12.8 Å². The number of fused-ring (bicyclic) bond motifs is 1. The average molecular weight is 515 g/mol. The zero-order chi connectivity index (χ0) is 25.5. The second-order valence-electron chi connectivity index (χ2n) is 7.50. The van der Waals surface area contributed by atoms with Crippen molar-refractivity contribution in [3.05, 3.63) is 23.8 Å². The lowest BCUT2D eigenvalue weighted by atomic mass is 10.1. The molecule has 0 saturated heterocycles. The topological polar surface area (TPSA) is 141 Å². The smallest absolute Gasteiger partial charge is 0.163 e. The summed E-state index contributed by atoms with van der Waals surface area (Å²) < 4.78 is 42.2. The van der Waals surface area contributed by atoms with Crippen LogP contribution in [0.15, 0.2) is 22.8 Å². The Morgan fingerprint density at radius 3 is 1.58 bits per heavy atom. The summed E-state index contributed by atoms with van der Waals surface area (Å²) in [5, 5.41) is 16.0. The number of nitrogens with zero attached hydrogens (tertiary/aromatic N) is 2. The fourth-order valence-electron chi connectivity index (χ4n) is 2.92. The summed E-state index contributed by atoms with van der Waals surface area (Å²) in [6, 6.07) is 5.14. The molecule has 0 atom stereocenters. The molecule has 2 rings (SSSR count). The van der Waals surface area contributed by atoms with Crippen molar-refractivity contribution in [3.63, 3.8) is 0 Å². The van der Waals surface area contributed by atoms with Crippen LogP contribution in [-0.2, 0) is 33.2 Å². The van der Waals surface area contributed by atoms with E-state index in [4.69, 9.17) is 38.3 Å². The molecule has 36 heavy (non-hydrogen) atoms. The number of ketones is 1. The van der Waals surface area contributed by atoms with Crippen LogP contribution in [0.25, 0.3) is 11.0 Å². The maximum atomic E-state index is 12.2. The van der Waals surface area contributed by atoms with Gasteiger partial charge in [0.15, 0.2) is 5.78 Å². The van der Waals surface area contributed by atoms with Gasteiger partial charge in [-0.2, -0.15) is 0 Å². The molecule has 0 aliphatic rings. The van der Waals surface area contributed by atoms with E-state index in [2.05, 4.69) is 14.9 Å². The third-order valence-electron chi connectivity index (χ3n) is 4.74. The third-order valence-corrected chi connectivity index (χ3v) is 4.74. The van der Waals surface area contributed by atoms with Gasteiger partial charge in [0.1, 0.15) is 11.0 Å². The lowest BCUT2D eigenvalue weighted by Crippen LogP contribution is -2.14. The van der Waals surface area contributed by atoms with Crippen molar-refractivity contribution in [2.75, 3.05) is 99.1 Å². The second kappa shape index (κ2) is 21.1. The molecule has 0 fully saturated rings. The van der Waals surface area contributed by atoms with Gasteiger partial charge in [-0.15, -0.1) is 0 Å². The molecule has 1 N–H and O–H groups in total. The van der Waals surface area contributed by atoms with Gasteiger partial charge < -0.3 is 38.3 Å². The highest BCUT2D eigenvalue weighted by Crippen LogP contribution is 2.13. The quantitative estimate of drug-likeness (QED) is 0.151. The van der Waals surface area contributed by atoms with E-state index < -0.39 is 0 Å². The fraction of sp³-hybridized carbons (Fsp3) is 0.708. The van der Waals surface area contributed by atoms with Crippen LogP contribution in [0.3, 0.4) is 0 Å². The van der Waals surface area contributed by atoms with Crippen molar-refractivity contribution in [3.8, 4) is 0 Å². The summed E-state index contributed by atoms with van der Waals surface area (Å²) >= 11 is 0. The zero-order valence-electron chi connectivity index (χ0n) is 20.8. The van der Waals surface area contributed by atoms with E-state index in [9.17, 15) is 4.79 Å². The van der Waals surface area contributed by atoms with Crippen molar-refractivity contribution in [1.82, 2.24) is 10.3 Å². The number of aromatic nitrogens is 2. The number of aliphatic hydroxyl groups is 1. The molecule has 0 unspecified atom stereocenters. The van der Waals surface area contributed by atoms with E-state index >= 15 is 0 Å². The van der Waals surface area contributed by atoms with Crippen LogP contribution in [0.2, 0.25) is 0 Å². The van der Waals surface area contributed by atoms with Gasteiger partial charge in [0.05, 0.1) is 92.5 Å². The standard InChI is InChI=1S/C24H38N2O10/c27-5-7-30-9-11-32-13-15-34-17-19-35-18-16-33-14-12-31-10-8-29-6-1-2-24(28)21-3-4-22-23(20-21)26-36-25-22/h3-4,20,27H,1-2,5-19H2. The number of hydrogen-bond acceptors (Lipinski definition) is 12. The van der Waals surface area contributed by atoms with Crippen LogP contribution in [0.1, 0.15) is 23.2 Å². The van der Waals surface area contributed by atoms with Gasteiger partial charge in [-0.25, -0.2) is 4.63 Å². The molecule has 1 heterocycles. The van der Waals surface area contributed by atoms with Gasteiger partial charge in [0, 0.05) is 18.6 Å². The molecular formula is C24H38N2O10. The maximum absolute atomic E-state index is 12.2. The van der Waals surface area contributed by atoms with Crippen molar-refractivity contribution < 1.29 is 47.7 Å². The van der Waals surface area contributed by atoms with Crippen LogP contribution < -0.4 is 0 Å². The Morgan fingerprint density at radius 2 is 1.08 bits per heavy atom. The second-order valence-corrected chi connectivity index (χ2v) is 7.50. The van der Waals surface area contributed by atoms with E-state index in [1.54, 1.807) is 18.2 Å². The highest BCUT2D eigenvalue weighted by atomic mass is 16.6. The van der Waals surface area contributed by atoms with Gasteiger partial charge in [0.25, 0.3) is 0 Å². The van der Waals surface area contributed by atoms with Crippen molar-refractivity contribution >= 4 is 16.8 Å². The van der Waals surface area contributed by atoms with Crippen LogP contribution in [0, 0.1) is 0 Å². The highest BCUT2D eigenvalue weighted by Gasteiger charge is 2.08. The lowest BCUT2D eigenvalue weighted by molar-refractivity contribution is -0.0215. The molecule has 12 nitrogen and oxygen atoms in total. The number of benzene rings is 1. The van der Waals surface area contributed by atoms with E-state index in [0.717, 1.165) is 0 Å². The van der Waals surface area contributed by atoms with Gasteiger partial charge >= 0.3 is 0 Å². The lowest BCUT2D eigenvalue weighted by Gasteiger charge is -2.08. The molecule has 2 aromatic rings. The summed E-state index contributed by atoms with van der Waals surface area (Å²) in [6.07, 6.45) is 1.04. The minimum absolute atomic E-state index is 0.0223. The zero-order valence-corrected chi connectivity index (χ0v) is 20.8. The molecule has 12 heteroatoms. The number of hydrogen-bond donors (Lipinski definition) is 1. The van der Waals surface area contributed by atoms with Crippen LogP contribution in [0.4, 0.5) is 0 Å². The first-order valence-corrected chi connectivity index (χ1v) is 12.2. The Hall–Kier alpha value is -2.03. The first kappa shape index (κ1) is 30.2. The summed E-state index contributed by atoms with van der Waals surface area (Å²) in [5.74, 6) is 0.0380. The third kappa shape index (κ3) is 14.5. The summed E-state index contributed by atoms with van der Waals surface area (Å²) in [5.41, 5.74) is 1.80. The van der Waals surface area contributed by atoms with Crippen LogP contribution in [-0.4, -0.2) is 120 Å². The van der Waals surface area contributed by atoms with Crippen LogP contribution in [0.5, 0.6) is 0 Å².